The highest BCUT2D eigenvalue weighted by Gasteiger charge is 2.28. The molecule has 0 saturated heterocycles. The second kappa shape index (κ2) is 6.59. The number of para-hydroxylation sites is 1. The number of unbranched alkanes of at least 4 members (excludes halogenated alkanes) is 1. The van der Waals surface area contributed by atoms with E-state index in [0.717, 1.165) is 36.9 Å². The van der Waals surface area contributed by atoms with Gasteiger partial charge in [0.15, 0.2) is 0 Å². The van der Waals surface area contributed by atoms with E-state index in [1.54, 1.807) is 4.31 Å². The van der Waals surface area contributed by atoms with Crippen LogP contribution < -0.4 is 9.62 Å². The lowest BCUT2D eigenvalue weighted by atomic mass is 10.0. The number of hydrogen-bond donors (Lipinski definition) is 1. The van der Waals surface area contributed by atoms with Crippen molar-refractivity contribution >= 4 is 15.7 Å². The van der Waals surface area contributed by atoms with Gasteiger partial charge in [0.1, 0.15) is 0 Å². The van der Waals surface area contributed by atoms with Gasteiger partial charge >= 0.3 is 0 Å². The van der Waals surface area contributed by atoms with Crippen LogP contribution in [0.25, 0.3) is 0 Å². The molecule has 1 aliphatic rings. The first-order valence-corrected chi connectivity index (χ1v) is 8.97. The molecule has 1 heterocycles. The molecule has 0 bridgehead atoms. The van der Waals surface area contributed by atoms with Gasteiger partial charge in [-0.1, -0.05) is 31.5 Å². The topological polar surface area (TPSA) is 49.4 Å². The van der Waals surface area contributed by atoms with Crippen molar-refractivity contribution in [3.05, 3.63) is 29.8 Å². The Labute approximate surface area is 122 Å². The quantitative estimate of drug-likeness (QED) is 0.909. The first-order chi connectivity index (χ1) is 9.60. The van der Waals surface area contributed by atoms with E-state index in [4.69, 9.17) is 0 Å². The van der Waals surface area contributed by atoms with Crippen molar-refractivity contribution in [2.75, 3.05) is 23.7 Å². The van der Waals surface area contributed by atoms with Crippen molar-refractivity contribution in [1.29, 1.82) is 0 Å². The molecule has 0 amide bonds. The number of rotatable bonds is 5. The summed E-state index contributed by atoms with van der Waals surface area (Å²) in [5.74, 6) is 0.238. The van der Waals surface area contributed by atoms with Crippen LogP contribution in [0.1, 0.15) is 44.2 Å². The summed E-state index contributed by atoms with van der Waals surface area (Å²) in [4.78, 5) is 0. The Morgan fingerprint density at radius 1 is 1.35 bits per heavy atom. The number of hydrogen-bond acceptors (Lipinski definition) is 3. The fourth-order valence-corrected chi connectivity index (χ4v) is 4.50. The second-order valence-electron chi connectivity index (χ2n) is 5.28. The standard InChI is InChI=1S/C15H24N2O2S/c1-3-4-12-20(18,19)17-11-7-9-14(16-2)13-8-5-6-10-15(13)17/h5-6,8,10,14,16H,3-4,7,9,11-12H2,1-2H3. The van der Waals surface area contributed by atoms with Gasteiger partial charge in [-0.05, 0) is 37.9 Å². The molecule has 112 valence electrons. The Bertz CT molecular complexity index is 543. The maximum absolute atomic E-state index is 12.6. The largest absolute Gasteiger partial charge is 0.313 e. The van der Waals surface area contributed by atoms with Crippen LogP contribution in [-0.2, 0) is 10.0 Å². The molecule has 1 N–H and O–H groups in total. The first kappa shape index (κ1) is 15.3. The summed E-state index contributed by atoms with van der Waals surface area (Å²) in [7, 11) is -1.28. The third-order valence-corrected chi connectivity index (χ3v) is 5.73. The molecular formula is C15H24N2O2S. The number of fused-ring (bicyclic) bond motifs is 1. The molecule has 1 atom stereocenters. The van der Waals surface area contributed by atoms with E-state index in [1.807, 2.05) is 38.2 Å². The molecule has 4 nitrogen and oxygen atoms in total. The molecule has 1 unspecified atom stereocenters. The van der Waals surface area contributed by atoms with Gasteiger partial charge in [0.25, 0.3) is 0 Å². The lowest BCUT2D eigenvalue weighted by molar-refractivity contribution is 0.543. The average molecular weight is 296 g/mol. The predicted molar refractivity (Wildman–Crippen MR) is 83.5 cm³/mol. The van der Waals surface area contributed by atoms with Crippen molar-refractivity contribution in [2.45, 2.75) is 38.6 Å². The van der Waals surface area contributed by atoms with Gasteiger partial charge < -0.3 is 5.32 Å². The van der Waals surface area contributed by atoms with Crippen LogP contribution in [0.5, 0.6) is 0 Å². The highest BCUT2D eigenvalue weighted by Crippen LogP contribution is 2.34. The summed E-state index contributed by atoms with van der Waals surface area (Å²) in [6, 6.07) is 8.08. The molecule has 0 aromatic heterocycles. The van der Waals surface area contributed by atoms with E-state index < -0.39 is 10.0 Å². The average Bonchev–Trinajstić information content (AvgIpc) is 2.64. The molecule has 1 aromatic carbocycles. The van der Waals surface area contributed by atoms with Crippen LogP contribution in [0.4, 0.5) is 5.69 Å². The Morgan fingerprint density at radius 3 is 2.80 bits per heavy atom. The van der Waals surface area contributed by atoms with Gasteiger partial charge in [0.05, 0.1) is 11.4 Å². The maximum Gasteiger partial charge on any atom is 0.235 e. The van der Waals surface area contributed by atoms with Crippen molar-refractivity contribution in [1.82, 2.24) is 5.32 Å². The molecular weight excluding hydrogens is 272 g/mol. The van der Waals surface area contributed by atoms with Crippen LogP contribution in [0.2, 0.25) is 0 Å². The number of nitrogens with zero attached hydrogens (tertiary/aromatic N) is 1. The predicted octanol–water partition coefficient (Wildman–Crippen LogP) is 2.68. The van der Waals surface area contributed by atoms with Gasteiger partial charge in [0.2, 0.25) is 10.0 Å². The number of benzene rings is 1. The van der Waals surface area contributed by atoms with Gasteiger partial charge in [0, 0.05) is 12.6 Å². The molecule has 5 heteroatoms. The molecule has 20 heavy (non-hydrogen) atoms. The molecule has 2 rings (SSSR count). The number of anilines is 1. The maximum atomic E-state index is 12.6. The van der Waals surface area contributed by atoms with Crippen LogP contribution in [0, 0.1) is 0 Å². The molecule has 0 saturated carbocycles. The van der Waals surface area contributed by atoms with E-state index >= 15 is 0 Å². The zero-order chi connectivity index (χ0) is 14.6. The molecule has 0 fully saturated rings. The van der Waals surface area contributed by atoms with E-state index in [2.05, 4.69) is 5.32 Å². The van der Waals surface area contributed by atoms with Crippen LogP contribution in [0.3, 0.4) is 0 Å². The number of sulfonamides is 1. The molecule has 0 radical (unpaired) electrons. The summed E-state index contributed by atoms with van der Waals surface area (Å²) in [5.41, 5.74) is 1.94. The third-order valence-electron chi connectivity index (χ3n) is 3.87. The zero-order valence-electron chi connectivity index (χ0n) is 12.3. The van der Waals surface area contributed by atoms with Crippen molar-refractivity contribution in [3.63, 3.8) is 0 Å². The smallest absolute Gasteiger partial charge is 0.235 e. The normalized spacial score (nSPS) is 19.5. The minimum absolute atomic E-state index is 0.234. The minimum Gasteiger partial charge on any atom is -0.313 e. The van der Waals surface area contributed by atoms with Crippen molar-refractivity contribution < 1.29 is 8.42 Å². The Balaban J connectivity index is 2.39. The van der Waals surface area contributed by atoms with Crippen molar-refractivity contribution in [3.8, 4) is 0 Å². The summed E-state index contributed by atoms with van der Waals surface area (Å²) < 4.78 is 26.7. The molecule has 0 aliphatic carbocycles. The van der Waals surface area contributed by atoms with E-state index in [0.29, 0.717) is 6.54 Å². The molecule has 1 aliphatic heterocycles. The fraction of sp³-hybridized carbons (Fsp3) is 0.600. The van der Waals surface area contributed by atoms with Crippen LogP contribution >= 0.6 is 0 Å². The van der Waals surface area contributed by atoms with Gasteiger partial charge in [-0.2, -0.15) is 0 Å². The van der Waals surface area contributed by atoms with E-state index in [-0.39, 0.29) is 11.8 Å². The van der Waals surface area contributed by atoms with E-state index in [9.17, 15) is 8.42 Å². The summed E-state index contributed by atoms with van der Waals surface area (Å²) in [6.07, 6.45) is 3.46. The van der Waals surface area contributed by atoms with Gasteiger partial charge in [-0.25, -0.2) is 8.42 Å². The van der Waals surface area contributed by atoms with Crippen LogP contribution in [-0.4, -0.2) is 27.8 Å². The SMILES string of the molecule is CCCCS(=O)(=O)N1CCCC(NC)c2ccccc21. The van der Waals surface area contributed by atoms with Crippen molar-refractivity contribution in [2.24, 2.45) is 0 Å². The first-order valence-electron chi connectivity index (χ1n) is 7.36. The second-order valence-corrected chi connectivity index (χ2v) is 7.30. The monoisotopic (exact) mass is 296 g/mol. The van der Waals surface area contributed by atoms with Gasteiger partial charge in [-0.15, -0.1) is 0 Å². The fourth-order valence-electron chi connectivity index (χ4n) is 2.75. The molecule has 0 spiro atoms. The summed E-state index contributed by atoms with van der Waals surface area (Å²) >= 11 is 0. The highest BCUT2D eigenvalue weighted by atomic mass is 32.2. The zero-order valence-corrected chi connectivity index (χ0v) is 13.1. The Hall–Kier alpha value is -1.07. The lowest BCUT2D eigenvalue weighted by Gasteiger charge is -2.25. The lowest BCUT2D eigenvalue weighted by Crippen LogP contribution is -2.33. The van der Waals surface area contributed by atoms with Crippen LogP contribution in [0.15, 0.2) is 24.3 Å². The Kier molecular flexibility index (Phi) is 5.05. The summed E-state index contributed by atoms with van der Waals surface area (Å²) in [5, 5.41) is 3.29. The summed E-state index contributed by atoms with van der Waals surface area (Å²) in [6.45, 7) is 2.60. The van der Waals surface area contributed by atoms with E-state index in [1.165, 1.54) is 0 Å². The Morgan fingerprint density at radius 2 is 2.10 bits per heavy atom. The number of nitrogens with one attached hydrogen (secondary N) is 1. The minimum atomic E-state index is -3.21. The van der Waals surface area contributed by atoms with Gasteiger partial charge in [-0.3, -0.25) is 4.31 Å². The molecule has 1 aromatic rings. The highest BCUT2D eigenvalue weighted by molar-refractivity contribution is 7.92. The third kappa shape index (κ3) is 3.15.